The highest BCUT2D eigenvalue weighted by Gasteiger charge is 2.17. The molecule has 2 aromatic carbocycles. The largest absolute Gasteiger partial charge is 0.483 e. The molecule has 0 unspecified atom stereocenters. The normalized spacial score (nSPS) is 10.4. The second-order valence-electron chi connectivity index (χ2n) is 6.26. The van der Waals surface area contributed by atoms with Gasteiger partial charge in [-0.3, -0.25) is 14.6 Å². The molecule has 0 fully saturated rings. The Morgan fingerprint density at radius 1 is 1.00 bits per heavy atom. The number of ether oxygens (including phenoxy) is 1. The van der Waals surface area contributed by atoms with E-state index in [1.54, 1.807) is 47.5 Å². The van der Waals surface area contributed by atoms with Crippen molar-refractivity contribution in [1.29, 1.82) is 0 Å². The maximum atomic E-state index is 12.9. The van der Waals surface area contributed by atoms with Gasteiger partial charge < -0.3 is 9.64 Å². The van der Waals surface area contributed by atoms with Gasteiger partial charge in [-0.1, -0.05) is 47.5 Å². The Morgan fingerprint density at radius 2 is 1.79 bits per heavy atom. The third-order valence-corrected chi connectivity index (χ3v) is 4.93. The number of halogens is 2. The molecule has 0 saturated heterocycles. The predicted molar refractivity (Wildman–Crippen MR) is 112 cm³/mol. The van der Waals surface area contributed by atoms with Gasteiger partial charge in [-0.15, -0.1) is 0 Å². The lowest BCUT2D eigenvalue weighted by Crippen LogP contribution is -2.34. The SMILES string of the molecule is O=Cc1ccccc1OCC(=O)N(Cc1ccc(Cl)c(Cl)c1)Cc1ccccn1. The summed E-state index contributed by atoms with van der Waals surface area (Å²) in [6.07, 6.45) is 2.37. The molecule has 5 nitrogen and oxygen atoms in total. The van der Waals surface area contributed by atoms with Gasteiger partial charge in [0.1, 0.15) is 5.75 Å². The van der Waals surface area contributed by atoms with Crippen LogP contribution < -0.4 is 4.74 Å². The number of hydrogen-bond donors (Lipinski definition) is 0. The molecule has 148 valence electrons. The lowest BCUT2D eigenvalue weighted by molar-refractivity contribution is -0.134. The minimum Gasteiger partial charge on any atom is -0.483 e. The van der Waals surface area contributed by atoms with Crippen LogP contribution in [0.5, 0.6) is 5.75 Å². The van der Waals surface area contributed by atoms with Crippen molar-refractivity contribution in [3.8, 4) is 5.75 Å². The van der Waals surface area contributed by atoms with Crippen molar-refractivity contribution in [2.75, 3.05) is 6.61 Å². The molecule has 0 aliphatic heterocycles. The Kier molecular flexibility index (Phi) is 7.22. The zero-order valence-electron chi connectivity index (χ0n) is 15.4. The maximum absolute atomic E-state index is 12.9. The van der Waals surface area contributed by atoms with Gasteiger partial charge in [-0.05, 0) is 42.0 Å². The van der Waals surface area contributed by atoms with Crippen LogP contribution in [0.1, 0.15) is 21.6 Å². The molecule has 0 N–H and O–H groups in total. The molecule has 1 heterocycles. The minimum absolute atomic E-state index is 0.209. The molecular weight excluding hydrogens is 411 g/mol. The number of para-hydroxylation sites is 1. The molecule has 1 aromatic heterocycles. The van der Waals surface area contributed by atoms with Crippen LogP contribution in [0.3, 0.4) is 0 Å². The molecule has 29 heavy (non-hydrogen) atoms. The smallest absolute Gasteiger partial charge is 0.261 e. The first-order valence-corrected chi connectivity index (χ1v) is 9.61. The predicted octanol–water partition coefficient (Wildman–Crippen LogP) is 4.81. The molecule has 0 bridgehead atoms. The first-order valence-electron chi connectivity index (χ1n) is 8.85. The first-order chi connectivity index (χ1) is 14.1. The molecule has 0 aliphatic rings. The quantitative estimate of drug-likeness (QED) is 0.483. The van der Waals surface area contributed by atoms with Crippen molar-refractivity contribution in [1.82, 2.24) is 9.88 Å². The molecule has 0 radical (unpaired) electrons. The number of carbonyl (C=O) groups excluding carboxylic acids is 2. The summed E-state index contributed by atoms with van der Waals surface area (Å²) in [6, 6.07) is 17.5. The Labute approximate surface area is 178 Å². The van der Waals surface area contributed by atoms with Crippen molar-refractivity contribution in [3.05, 3.63) is 93.7 Å². The Balaban J connectivity index is 1.76. The lowest BCUT2D eigenvalue weighted by atomic mass is 10.2. The highest BCUT2D eigenvalue weighted by molar-refractivity contribution is 6.42. The van der Waals surface area contributed by atoms with Gasteiger partial charge in [0.25, 0.3) is 5.91 Å². The van der Waals surface area contributed by atoms with Crippen LogP contribution in [0.15, 0.2) is 66.9 Å². The highest BCUT2D eigenvalue weighted by Crippen LogP contribution is 2.24. The van der Waals surface area contributed by atoms with Crippen molar-refractivity contribution in [3.63, 3.8) is 0 Å². The molecule has 3 aromatic rings. The van der Waals surface area contributed by atoms with Crippen LogP contribution >= 0.6 is 23.2 Å². The van der Waals surface area contributed by atoms with Crippen LogP contribution in [-0.4, -0.2) is 28.7 Å². The van der Waals surface area contributed by atoms with E-state index in [2.05, 4.69) is 4.98 Å². The third kappa shape index (κ3) is 5.79. The van der Waals surface area contributed by atoms with Gasteiger partial charge in [0.15, 0.2) is 12.9 Å². The van der Waals surface area contributed by atoms with Crippen LogP contribution in [0.25, 0.3) is 0 Å². The number of benzene rings is 2. The summed E-state index contributed by atoms with van der Waals surface area (Å²) < 4.78 is 5.60. The van der Waals surface area contributed by atoms with E-state index in [1.807, 2.05) is 24.3 Å². The van der Waals surface area contributed by atoms with Gasteiger partial charge in [0.05, 0.1) is 27.8 Å². The van der Waals surface area contributed by atoms with Gasteiger partial charge in [-0.25, -0.2) is 0 Å². The Hall–Kier alpha value is -2.89. The van der Waals surface area contributed by atoms with Crippen molar-refractivity contribution in [2.45, 2.75) is 13.1 Å². The van der Waals surface area contributed by atoms with Crippen molar-refractivity contribution >= 4 is 35.4 Å². The van der Waals surface area contributed by atoms with Gasteiger partial charge in [0.2, 0.25) is 0 Å². The summed E-state index contributed by atoms with van der Waals surface area (Å²) in [5.74, 6) is 0.116. The number of rotatable bonds is 8. The molecule has 0 atom stereocenters. The van der Waals surface area contributed by atoms with E-state index in [9.17, 15) is 9.59 Å². The molecule has 3 rings (SSSR count). The second-order valence-corrected chi connectivity index (χ2v) is 7.08. The number of pyridine rings is 1. The zero-order chi connectivity index (χ0) is 20.6. The number of nitrogens with zero attached hydrogens (tertiary/aromatic N) is 2. The highest BCUT2D eigenvalue weighted by atomic mass is 35.5. The van der Waals surface area contributed by atoms with E-state index >= 15 is 0 Å². The number of carbonyl (C=O) groups is 2. The van der Waals surface area contributed by atoms with Crippen molar-refractivity contribution < 1.29 is 14.3 Å². The fraction of sp³-hybridized carbons (Fsp3) is 0.136. The fourth-order valence-corrected chi connectivity index (χ4v) is 3.04. The number of hydrogen-bond acceptors (Lipinski definition) is 4. The molecule has 7 heteroatoms. The summed E-state index contributed by atoms with van der Waals surface area (Å²) in [5.41, 5.74) is 1.97. The number of aldehydes is 1. The molecule has 0 aliphatic carbocycles. The number of aromatic nitrogens is 1. The number of amides is 1. The zero-order valence-corrected chi connectivity index (χ0v) is 16.9. The second kappa shape index (κ2) is 10.0. The summed E-state index contributed by atoms with van der Waals surface area (Å²) in [7, 11) is 0. The van der Waals surface area contributed by atoms with Crippen LogP contribution in [-0.2, 0) is 17.9 Å². The topological polar surface area (TPSA) is 59.5 Å². The van der Waals surface area contributed by atoms with E-state index in [-0.39, 0.29) is 12.5 Å². The first kappa shape index (κ1) is 20.8. The molecule has 0 saturated carbocycles. The standard InChI is InChI=1S/C22H18Cl2N2O3/c23-19-9-8-16(11-20(19)24)12-26(13-18-6-3-4-10-25-18)22(28)15-29-21-7-2-1-5-17(21)14-27/h1-11,14H,12-13,15H2. The minimum atomic E-state index is -0.248. The van der Waals surface area contributed by atoms with E-state index < -0.39 is 0 Å². The Bertz CT molecular complexity index is 996. The maximum Gasteiger partial charge on any atom is 0.261 e. The molecular formula is C22H18Cl2N2O3. The Morgan fingerprint density at radius 3 is 2.52 bits per heavy atom. The van der Waals surface area contributed by atoms with Crippen LogP contribution in [0, 0.1) is 0 Å². The third-order valence-electron chi connectivity index (χ3n) is 4.19. The monoisotopic (exact) mass is 428 g/mol. The van der Waals surface area contributed by atoms with E-state index in [4.69, 9.17) is 27.9 Å². The van der Waals surface area contributed by atoms with E-state index in [1.165, 1.54) is 0 Å². The van der Waals surface area contributed by atoms with Crippen LogP contribution in [0.2, 0.25) is 10.0 Å². The average Bonchev–Trinajstić information content (AvgIpc) is 2.75. The summed E-state index contributed by atoms with van der Waals surface area (Å²) in [5, 5.41) is 0.873. The summed E-state index contributed by atoms with van der Waals surface area (Å²) >= 11 is 12.1. The van der Waals surface area contributed by atoms with Crippen molar-refractivity contribution in [2.24, 2.45) is 0 Å². The molecule has 0 spiro atoms. The summed E-state index contributed by atoms with van der Waals surface area (Å²) in [6.45, 7) is 0.405. The fourth-order valence-electron chi connectivity index (χ4n) is 2.72. The summed E-state index contributed by atoms with van der Waals surface area (Å²) in [4.78, 5) is 30.0. The average molecular weight is 429 g/mol. The van der Waals surface area contributed by atoms with Gasteiger partial charge >= 0.3 is 0 Å². The lowest BCUT2D eigenvalue weighted by Gasteiger charge is -2.23. The van der Waals surface area contributed by atoms with Gasteiger partial charge in [0, 0.05) is 12.7 Å². The van der Waals surface area contributed by atoms with Crippen LogP contribution in [0.4, 0.5) is 0 Å². The van der Waals surface area contributed by atoms with E-state index in [0.717, 1.165) is 11.3 Å². The van der Waals surface area contributed by atoms with Gasteiger partial charge in [-0.2, -0.15) is 0 Å². The molecule has 1 amide bonds. The van der Waals surface area contributed by atoms with E-state index in [0.29, 0.717) is 40.7 Å².